The molecule has 1 aromatic heterocycles. The lowest BCUT2D eigenvalue weighted by Gasteiger charge is -2.13. The number of aromatic carboxylic acids is 2. The van der Waals surface area contributed by atoms with Gasteiger partial charge in [0.05, 0.1) is 16.0 Å². The van der Waals surface area contributed by atoms with Gasteiger partial charge in [-0.1, -0.05) is 18.2 Å². The van der Waals surface area contributed by atoms with E-state index in [2.05, 4.69) is 5.32 Å². The molecule has 182 valence electrons. The molecule has 0 atom stereocenters. The molecule has 0 saturated carbocycles. The van der Waals surface area contributed by atoms with E-state index in [-0.39, 0.29) is 33.1 Å². The van der Waals surface area contributed by atoms with Crippen molar-refractivity contribution in [2.24, 2.45) is 0 Å². The molecule has 0 radical (unpaired) electrons. The number of furan rings is 1. The minimum absolute atomic E-state index is 0.0371. The highest BCUT2D eigenvalue weighted by Gasteiger charge is 2.36. The van der Waals surface area contributed by atoms with E-state index in [1.54, 1.807) is 12.1 Å². The molecule has 0 aliphatic carbocycles. The Kier molecular flexibility index (Phi) is 6.75. The molecular formula is C25H18N2O8S. The van der Waals surface area contributed by atoms with E-state index < -0.39 is 35.5 Å². The number of anilines is 1. The van der Waals surface area contributed by atoms with Gasteiger partial charge in [0.25, 0.3) is 11.1 Å². The number of nitrogens with zero attached hydrogens (tertiary/aromatic N) is 1. The number of aryl methyl sites for hydroxylation is 1. The van der Waals surface area contributed by atoms with Crippen molar-refractivity contribution in [3.8, 4) is 11.3 Å². The van der Waals surface area contributed by atoms with Gasteiger partial charge in [0.2, 0.25) is 5.91 Å². The maximum absolute atomic E-state index is 12.8. The van der Waals surface area contributed by atoms with Crippen LogP contribution in [0.3, 0.4) is 0 Å². The number of amides is 3. The number of hydrogen-bond donors (Lipinski definition) is 3. The van der Waals surface area contributed by atoms with Crippen LogP contribution in [0.25, 0.3) is 17.4 Å². The van der Waals surface area contributed by atoms with Crippen molar-refractivity contribution >= 4 is 52.5 Å². The highest BCUT2D eigenvalue weighted by Crippen LogP contribution is 2.33. The Hall–Kier alpha value is -4.64. The average Bonchev–Trinajstić information content (AvgIpc) is 3.40. The second-order valence-corrected chi connectivity index (χ2v) is 8.74. The molecule has 3 aromatic rings. The Labute approximate surface area is 208 Å². The summed E-state index contributed by atoms with van der Waals surface area (Å²) in [6, 6.07) is 13.6. The number of para-hydroxylation sites is 1. The summed E-state index contributed by atoms with van der Waals surface area (Å²) in [7, 11) is 0. The van der Waals surface area contributed by atoms with Crippen molar-refractivity contribution in [3.05, 3.63) is 82.0 Å². The number of hydrogen-bond acceptors (Lipinski definition) is 7. The summed E-state index contributed by atoms with van der Waals surface area (Å²) in [5, 5.41) is 20.6. The van der Waals surface area contributed by atoms with Crippen LogP contribution in [0, 0.1) is 6.92 Å². The van der Waals surface area contributed by atoms with Gasteiger partial charge in [-0.15, -0.1) is 0 Å². The van der Waals surface area contributed by atoms with Crippen molar-refractivity contribution in [2.75, 3.05) is 11.9 Å². The van der Waals surface area contributed by atoms with Crippen LogP contribution in [-0.2, 0) is 9.59 Å². The van der Waals surface area contributed by atoms with Crippen LogP contribution in [0.1, 0.15) is 32.0 Å². The number of imide groups is 1. The zero-order valence-electron chi connectivity index (χ0n) is 18.7. The first-order valence-corrected chi connectivity index (χ1v) is 11.3. The Balaban J connectivity index is 1.51. The average molecular weight is 506 g/mol. The lowest BCUT2D eigenvalue weighted by Crippen LogP contribution is -2.36. The third-order valence-electron chi connectivity index (χ3n) is 5.21. The third kappa shape index (κ3) is 5.20. The third-order valence-corrected chi connectivity index (χ3v) is 6.11. The highest BCUT2D eigenvalue weighted by atomic mass is 32.2. The summed E-state index contributed by atoms with van der Waals surface area (Å²) < 4.78 is 5.66. The smallest absolute Gasteiger partial charge is 0.335 e. The number of carbonyl (C=O) groups excluding carboxylic acids is 3. The highest BCUT2D eigenvalue weighted by molar-refractivity contribution is 8.18. The number of carbonyl (C=O) groups is 5. The predicted molar refractivity (Wildman–Crippen MR) is 131 cm³/mol. The maximum Gasteiger partial charge on any atom is 0.335 e. The van der Waals surface area contributed by atoms with Crippen LogP contribution in [0.4, 0.5) is 10.5 Å². The van der Waals surface area contributed by atoms with Gasteiger partial charge in [0, 0.05) is 17.3 Å². The Morgan fingerprint density at radius 3 is 2.31 bits per heavy atom. The molecule has 36 heavy (non-hydrogen) atoms. The van der Waals surface area contributed by atoms with Crippen LogP contribution in [0.2, 0.25) is 0 Å². The molecular weight excluding hydrogens is 488 g/mol. The van der Waals surface area contributed by atoms with Crippen molar-refractivity contribution in [1.82, 2.24) is 4.90 Å². The largest absolute Gasteiger partial charge is 0.478 e. The fourth-order valence-corrected chi connectivity index (χ4v) is 4.23. The summed E-state index contributed by atoms with van der Waals surface area (Å²) in [5.74, 6) is -3.44. The van der Waals surface area contributed by atoms with Gasteiger partial charge in [-0.05, 0) is 60.6 Å². The molecule has 1 fully saturated rings. The molecule has 11 heteroatoms. The number of nitrogens with one attached hydrogen (secondary N) is 1. The van der Waals surface area contributed by atoms with E-state index in [9.17, 15) is 34.2 Å². The molecule has 1 aliphatic rings. The first-order valence-electron chi connectivity index (χ1n) is 10.4. The summed E-state index contributed by atoms with van der Waals surface area (Å²) >= 11 is 0.649. The molecule has 3 N–H and O–H groups in total. The van der Waals surface area contributed by atoms with Crippen molar-refractivity contribution in [2.45, 2.75) is 6.92 Å². The molecule has 1 aliphatic heterocycles. The number of thioether (sulfide) groups is 1. The maximum atomic E-state index is 12.8. The summed E-state index contributed by atoms with van der Waals surface area (Å²) in [5.41, 5.74) is 1.16. The van der Waals surface area contributed by atoms with E-state index in [1.807, 2.05) is 19.1 Å². The van der Waals surface area contributed by atoms with Gasteiger partial charge >= 0.3 is 11.9 Å². The number of rotatable bonds is 7. The van der Waals surface area contributed by atoms with Crippen molar-refractivity contribution in [3.63, 3.8) is 0 Å². The minimum atomic E-state index is -1.30. The molecule has 1 saturated heterocycles. The van der Waals surface area contributed by atoms with Gasteiger partial charge in [-0.2, -0.15) is 0 Å². The number of benzene rings is 2. The second-order valence-electron chi connectivity index (χ2n) is 7.74. The molecule has 2 aromatic carbocycles. The molecule has 0 spiro atoms. The normalized spacial score (nSPS) is 14.4. The van der Waals surface area contributed by atoms with Gasteiger partial charge < -0.3 is 19.9 Å². The summed E-state index contributed by atoms with van der Waals surface area (Å²) in [6.07, 6.45) is 1.33. The van der Waals surface area contributed by atoms with Crippen molar-refractivity contribution < 1.29 is 38.6 Å². The topological polar surface area (TPSA) is 154 Å². The molecule has 0 bridgehead atoms. The van der Waals surface area contributed by atoms with Gasteiger partial charge in [0.15, 0.2) is 0 Å². The van der Waals surface area contributed by atoms with Gasteiger partial charge in [-0.3, -0.25) is 19.3 Å². The minimum Gasteiger partial charge on any atom is -0.478 e. The summed E-state index contributed by atoms with van der Waals surface area (Å²) in [6.45, 7) is 1.36. The standard InChI is InChI=1S/C25H18N2O8S/c1-13-4-2-3-5-18(13)26-21(28)12-27-22(29)20(36-25(27)34)11-17-6-7-19(35-17)14-8-15(23(30)31)10-16(9-14)24(32)33/h2-11H,12H2,1H3,(H,26,28)(H,30,31)(H,32,33)/b20-11+. The second kappa shape index (κ2) is 9.92. The number of carboxylic acid groups (broad SMARTS) is 2. The molecule has 2 heterocycles. The van der Waals surface area contributed by atoms with E-state index in [0.717, 1.165) is 16.5 Å². The zero-order chi connectivity index (χ0) is 26.0. The SMILES string of the molecule is Cc1ccccc1NC(=O)CN1C(=O)S/C(=C/c2ccc(-c3cc(C(=O)O)cc(C(=O)O)c3)o2)C1=O. The molecule has 3 amide bonds. The quantitative estimate of drug-likeness (QED) is 0.397. The van der Waals surface area contributed by atoms with Crippen LogP contribution < -0.4 is 5.32 Å². The van der Waals surface area contributed by atoms with Crippen LogP contribution in [0.15, 0.2) is 63.9 Å². The van der Waals surface area contributed by atoms with Crippen LogP contribution in [0.5, 0.6) is 0 Å². The monoisotopic (exact) mass is 506 g/mol. The summed E-state index contributed by atoms with van der Waals surface area (Å²) in [4.78, 5) is 61.1. The lowest BCUT2D eigenvalue weighted by molar-refractivity contribution is -0.127. The molecule has 0 unspecified atom stereocenters. The van der Waals surface area contributed by atoms with E-state index in [1.165, 1.54) is 30.3 Å². The van der Waals surface area contributed by atoms with Crippen LogP contribution in [-0.4, -0.2) is 50.6 Å². The van der Waals surface area contributed by atoms with Gasteiger partial charge in [-0.25, -0.2) is 9.59 Å². The van der Waals surface area contributed by atoms with E-state index in [0.29, 0.717) is 17.4 Å². The first-order chi connectivity index (χ1) is 17.1. The van der Waals surface area contributed by atoms with Gasteiger partial charge in [0.1, 0.15) is 18.1 Å². The predicted octanol–water partition coefficient (Wildman–Crippen LogP) is 4.33. The van der Waals surface area contributed by atoms with E-state index >= 15 is 0 Å². The Morgan fingerprint density at radius 2 is 1.67 bits per heavy atom. The molecule has 10 nitrogen and oxygen atoms in total. The Morgan fingerprint density at radius 1 is 1.00 bits per heavy atom. The fraction of sp³-hybridized carbons (Fsp3) is 0.0800. The Bertz CT molecular complexity index is 1420. The van der Waals surface area contributed by atoms with E-state index in [4.69, 9.17) is 4.42 Å². The zero-order valence-corrected chi connectivity index (χ0v) is 19.5. The fourth-order valence-electron chi connectivity index (χ4n) is 3.41. The van der Waals surface area contributed by atoms with Crippen molar-refractivity contribution in [1.29, 1.82) is 0 Å². The first kappa shape index (κ1) is 24.5. The lowest BCUT2D eigenvalue weighted by atomic mass is 10.0. The van der Waals surface area contributed by atoms with Crippen LogP contribution >= 0.6 is 11.8 Å². The number of carboxylic acids is 2. The molecule has 4 rings (SSSR count).